The van der Waals surface area contributed by atoms with Gasteiger partial charge in [-0.1, -0.05) is 31.2 Å². The molecule has 1 rings (SSSR count). The molecule has 2 atom stereocenters. The van der Waals surface area contributed by atoms with Gasteiger partial charge in [-0.15, -0.1) is 0 Å². The van der Waals surface area contributed by atoms with Crippen LogP contribution in [0.15, 0.2) is 24.3 Å². The molecule has 3 nitrogen and oxygen atoms in total. The summed E-state index contributed by atoms with van der Waals surface area (Å²) < 4.78 is 0. The highest BCUT2D eigenvalue weighted by atomic mass is 16.1. The van der Waals surface area contributed by atoms with Gasteiger partial charge in [0.05, 0.1) is 12.0 Å². The number of carbonyl (C=O) groups excluding carboxylic acids is 1. The average molecular weight is 258 g/mol. The number of nitriles is 1. The van der Waals surface area contributed by atoms with E-state index in [0.717, 1.165) is 17.5 Å². The first-order valence-electron chi connectivity index (χ1n) is 6.83. The van der Waals surface area contributed by atoms with Crippen LogP contribution in [0.5, 0.6) is 0 Å². The SMILES string of the molecule is CCC(C)NC(=O)CCC(C#N)c1ccccc1C. The molecule has 3 heteroatoms. The van der Waals surface area contributed by atoms with Crippen molar-refractivity contribution in [1.82, 2.24) is 5.32 Å². The van der Waals surface area contributed by atoms with Crippen LogP contribution in [0.3, 0.4) is 0 Å². The second-order valence-corrected chi connectivity index (χ2v) is 4.95. The van der Waals surface area contributed by atoms with Gasteiger partial charge in [-0.05, 0) is 37.8 Å². The van der Waals surface area contributed by atoms with Crippen LogP contribution < -0.4 is 5.32 Å². The standard InChI is InChI=1S/C16H22N2O/c1-4-13(3)18-16(19)10-9-14(11-17)15-8-6-5-7-12(15)2/h5-8,13-14H,4,9-10H2,1-3H3,(H,18,19). The lowest BCUT2D eigenvalue weighted by molar-refractivity contribution is -0.121. The first-order chi connectivity index (χ1) is 9.08. The maximum atomic E-state index is 11.7. The van der Waals surface area contributed by atoms with Crippen LogP contribution in [0.4, 0.5) is 0 Å². The molecule has 0 heterocycles. The normalized spacial score (nSPS) is 13.4. The average Bonchev–Trinajstić information content (AvgIpc) is 2.41. The van der Waals surface area contributed by atoms with Gasteiger partial charge < -0.3 is 5.32 Å². The second kappa shape index (κ2) is 7.58. The van der Waals surface area contributed by atoms with Gasteiger partial charge in [0.2, 0.25) is 5.91 Å². The van der Waals surface area contributed by atoms with Gasteiger partial charge in [-0.2, -0.15) is 5.26 Å². The zero-order chi connectivity index (χ0) is 14.3. The molecule has 0 spiro atoms. The molecular weight excluding hydrogens is 236 g/mol. The Hall–Kier alpha value is -1.82. The van der Waals surface area contributed by atoms with Crippen molar-refractivity contribution in [2.45, 2.75) is 52.0 Å². The van der Waals surface area contributed by atoms with Crippen molar-refractivity contribution >= 4 is 5.91 Å². The van der Waals surface area contributed by atoms with E-state index in [1.54, 1.807) is 0 Å². The van der Waals surface area contributed by atoms with Crippen molar-refractivity contribution in [1.29, 1.82) is 5.26 Å². The van der Waals surface area contributed by atoms with Crippen LogP contribution >= 0.6 is 0 Å². The van der Waals surface area contributed by atoms with Crippen molar-refractivity contribution in [3.8, 4) is 6.07 Å². The van der Waals surface area contributed by atoms with Gasteiger partial charge in [0.1, 0.15) is 0 Å². The number of hydrogen-bond acceptors (Lipinski definition) is 2. The van der Waals surface area contributed by atoms with E-state index in [9.17, 15) is 10.1 Å². The Balaban J connectivity index is 2.58. The van der Waals surface area contributed by atoms with E-state index in [0.29, 0.717) is 12.8 Å². The molecule has 19 heavy (non-hydrogen) atoms. The topological polar surface area (TPSA) is 52.9 Å². The van der Waals surface area contributed by atoms with Crippen molar-refractivity contribution in [2.75, 3.05) is 0 Å². The zero-order valence-electron chi connectivity index (χ0n) is 11.9. The minimum absolute atomic E-state index is 0.0307. The second-order valence-electron chi connectivity index (χ2n) is 4.95. The quantitative estimate of drug-likeness (QED) is 0.851. The molecule has 0 aliphatic heterocycles. The van der Waals surface area contributed by atoms with Gasteiger partial charge in [0.15, 0.2) is 0 Å². The van der Waals surface area contributed by atoms with E-state index < -0.39 is 0 Å². The molecular formula is C16H22N2O. The van der Waals surface area contributed by atoms with Crippen molar-refractivity contribution in [3.05, 3.63) is 35.4 Å². The summed E-state index contributed by atoms with van der Waals surface area (Å²) >= 11 is 0. The maximum Gasteiger partial charge on any atom is 0.220 e. The van der Waals surface area contributed by atoms with E-state index >= 15 is 0 Å². The third-order valence-electron chi connectivity index (χ3n) is 3.40. The number of hydrogen-bond donors (Lipinski definition) is 1. The number of aryl methyl sites for hydroxylation is 1. The Kier molecular flexibility index (Phi) is 6.08. The molecule has 0 bridgehead atoms. The highest BCUT2D eigenvalue weighted by Crippen LogP contribution is 2.23. The molecule has 2 unspecified atom stereocenters. The van der Waals surface area contributed by atoms with E-state index in [1.807, 2.05) is 45.0 Å². The molecule has 102 valence electrons. The Morgan fingerprint density at radius 1 is 1.42 bits per heavy atom. The summed E-state index contributed by atoms with van der Waals surface area (Å²) in [7, 11) is 0. The van der Waals surface area contributed by atoms with E-state index in [4.69, 9.17) is 0 Å². The van der Waals surface area contributed by atoms with E-state index in [2.05, 4.69) is 11.4 Å². The molecule has 1 N–H and O–H groups in total. The Labute approximate surface area is 115 Å². The van der Waals surface area contributed by atoms with E-state index in [-0.39, 0.29) is 17.9 Å². The number of nitrogens with one attached hydrogen (secondary N) is 1. The summed E-state index contributed by atoms with van der Waals surface area (Å²) in [6.07, 6.45) is 1.89. The smallest absolute Gasteiger partial charge is 0.220 e. The Morgan fingerprint density at radius 2 is 2.11 bits per heavy atom. The molecule has 1 aromatic rings. The molecule has 0 saturated carbocycles. The molecule has 0 aromatic heterocycles. The van der Waals surface area contributed by atoms with Crippen LogP contribution in [-0.4, -0.2) is 11.9 Å². The van der Waals surface area contributed by atoms with Gasteiger partial charge >= 0.3 is 0 Å². The number of nitrogens with zero attached hydrogens (tertiary/aromatic N) is 1. The molecule has 1 aromatic carbocycles. The first kappa shape index (κ1) is 15.2. The highest BCUT2D eigenvalue weighted by molar-refractivity contribution is 5.76. The van der Waals surface area contributed by atoms with Crippen LogP contribution in [0.25, 0.3) is 0 Å². The summed E-state index contributed by atoms with van der Waals surface area (Å²) in [4.78, 5) is 11.7. The van der Waals surface area contributed by atoms with Crippen LogP contribution in [-0.2, 0) is 4.79 Å². The molecule has 1 amide bonds. The van der Waals surface area contributed by atoms with Crippen LogP contribution in [0.2, 0.25) is 0 Å². The zero-order valence-corrected chi connectivity index (χ0v) is 11.9. The number of amides is 1. The molecule has 0 aliphatic rings. The van der Waals surface area contributed by atoms with Crippen molar-refractivity contribution in [2.24, 2.45) is 0 Å². The summed E-state index contributed by atoms with van der Waals surface area (Å²) in [6.45, 7) is 6.02. The first-order valence-corrected chi connectivity index (χ1v) is 6.83. The lowest BCUT2D eigenvalue weighted by Gasteiger charge is -2.14. The third-order valence-corrected chi connectivity index (χ3v) is 3.40. The van der Waals surface area contributed by atoms with Gasteiger partial charge in [0, 0.05) is 12.5 Å². The molecule has 0 saturated heterocycles. The summed E-state index contributed by atoms with van der Waals surface area (Å²) in [5, 5.41) is 12.2. The fraction of sp³-hybridized carbons (Fsp3) is 0.500. The highest BCUT2D eigenvalue weighted by Gasteiger charge is 2.15. The van der Waals surface area contributed by atoms with Crippen LogP contribution in [0, 0.1) is 18.3 Å². The number of rotatable bonds is 6. The van der Waals surface area contributed by atoms with E-state index in [1.165, 1.54) is 0 Å². The fourth-order valence-corrected chi connectivity index (χ4v) is 1.99. The lowest BCUT2D eigenvalue weighted by Crippen LogP contribution is -2.31. The van der Waals surface area contributed by atoms with Gasteiger partial charge in [0.25, 0.3) is 0 Å². The Bertz CT molecular complexity index is 462. The van der Waals surface area contributed by atoms with Crippen molar-refractivity contribution in [3.63, 3.8) is 0 Å². The van der Waals surface area contributed by atoms with Gasteiger partial charge in [-0.3, -0.25) is 4.79 Å². The monoisotopic (exact) mass is 258 g/mol. The lowest BCUT2D eigenvalue weighted by atomic mass is 9.92. The number of carbonyl (C=O) groups is 1. The molecule has 0 radical (unpaired) electrons. The third kappa shape index (κ3) is 4.75. The van der Waals surface area contributed by atoms with Gasteiger partial charge in [-0.25, -0.2) is 0 Å². The summed E-state index contributed by atoms with van der Waals surface area (Å²) in [6, 6.07) is 10.4. The minimum Gasteiger partial charge on any atom is -0.354 e. The summed E-state index contributed by atoms with van der Waals surface area (Å²) in [5.41, 5.74) is 2.14. The fourth-order valence-electron chi connectivity index (χ4n) is 1.99. The largest absolute Gasteiger partial charge is 0.354 e. The van der Waals surface area contributed by atoms with Crippen molar-refractivity contribution < 1.29 is 4.79 Å². The molecule has 0 fully saturated rings. The summed E-state index contributed by atoms with van der Waals surface area (Å²) in [5.74, 6) is -0.174. The van der Waals surface area contributed by atoms with Crippen LogP contribution in [0.1, 0.15) is 50.2 Å². The number of benzene rings is 1. The predicted molar refractivity (Wildman–Crippen MR) is 76.7 cm³/mol. The minimum atomic E-state index is -0.205. The maximum absolute atomic E-state index is 11.7. The molecule has 0 aliphatic carbocycles. The predicted octanol–water partition coefficient (Wildman–Crippen LogP) is 3.30. The Morgan fingerprint density at radius 3 is 2.68 bits per heavy atom.